The van der Waals surface area contributed by atoms with Gasteiger partial charge in [0.15, 0.2) is 0 Å². The minimum atomic E-state index is 0.0159. The molecule has 1 aromatic heterocycles. The monoisotopic (exact) mass is 256 g/mol. The van der Waals surface area contributed by atoms with Crippen molar-refractivity contribution in [2.45, 2.75) is 32.7 Å². The third kappa shape index (κ3) is 2.25. The van der Waals surface area contributed by atoms with E-state index in [0.717, 1.165) is 17.3 Å². The van der Waals surface area contributed by atoms with Gasteiger partial charge < -0.3 is 10.3 Å². The van der Waals surface area contributed by atoms with Crippen LogP contribution >= 0.6 is 0 Å². The Morgan fingerprint density at radius 3 is 2.74 bits per heavy atom. The SMILES string of the molecule is CC1CCC(NC(=O)c2cc3ccccc3[nH]2)C1C. The fourth-order valence-electron chi connectivity index (χ4n) is 3.01. The molecule has 0 aliphatic heterocycles. The molecule has 3 atom stereocenters. The summed E-state index contributed by atoms with van der Waals surface area (Å²) >= 11 is 0. The van der Waals surface area contributed by atoms with Gasteiger partial charge in [-0.15, -0.1) is 0 Å². The number of hydrogen-bond donors (Lipinski definition) is 2. The third-order valence-corrected chi connectivity index (χ3v) is 4.56. The number of carbonyl (C=O) groups excluding carboxylic acids is 1. The van der Waals surface area contributed by atoms with Crippen LogP contribution < -0.4 is 5.32 Å². The summed E-state index contributed by atoms with van der Waals surface area (Å²) in [5, 5.41) is 4.25. The fourth-order valence-corrected chi connectivity index (χ4v) is 3.01. The molecule has 1 amide bonds. The van der Waals surface area contributed by atoms with E-state index in [1.165, 1.54) is 6.42 Å². The maximum atomic E-state index is 12.3. The minimum absolute atomic E-state index is 0.0159. The van der Waals surface area contributed by atoms with Gasteiger partial charge in [0.1, 0.15) is 5.69 Å². The van der Waals surface area contributed by atoms with E-state index in [2.05, 4.69) is 24.1 Å². The van der Waals surface area contributed by atoms with Crippen LogP contribution in [0, 0.1) is 11.8 Å². The number of fused-ring (bicyclic) bond motifs is 1. The Labute approximate surface area is 113 Å². The van der Waals surface area contributed by atoms with Crippen LogP contribution in [0.5, 0.6) is 0 Å². The summed E-state index contributed by atoms with van der Waals surface area (Å²) in [7, 11) is 0. The number of nitrogens with one attached hydrogen (secondary N) is 2. The average Bonchev–Trinajstić information content (AvgIpc) is 2.97. The molecule has 3 unspecified atom stereocenters. The molecule has 0 bridgehead atoms. The molecule has 3 nitrogen and oxygen atoms in total. The van der Waals surface area contributed by atoms with E-state index in [0.29, 0.717) is 23.6 Å². The van der Waals surface area contributed by atoms with E-state index in [4.69, 9.17) is 0 Å². The topological polar surface area (TPSA) is 44.9 Å². The zero-order valence-electron chi connectivity index (χ0n) is 11.4. The molecule has 3 rings (SSSR count). The van der Waals surface area contributed by atoms with Gasteiger partial charge in [0, 0.05) is 16.9 Å². The molecule has 1 fully saturated rings. The van der Waals surface area contributed by atoms with Gasteiger partial charge in [0.25, 0.3) is 5.91 Å². The van der Waals surface area contributed by atoms with Gasteiger partial charge in [-0.3, -0.25) is 4.79 Å². The van der Waals surface area contributed by atoms with Crippen molar-refractivity contribution in [3.05, 3.63) is 36.0 Å². The minimum Gasteiger partial charge on any atom is -0.351 e. The van der Waals surface area contributed by atoms with E-state index in [1.54, 1.807) is 0 Å². The van der Waals surface area contributed by atoms with E-state index in [1.807, 2.05) is 30.3 Å². The van der Waals surface area contributed by atoms with Crippen LogP contribution in [0.4, 0.5) is 0 Å². The first-order chi connectivity index (χ1) is 9.15. The highest BCUT2D eigenvalue weighted by molar-refractivity contribution is 5.98. The first kappa shape index (κ1) is 12.3. The van der Waals surface area contributed by atoms with Gasteiger partial charge in [-0.25, -0.2) is 0 Å². The highest BCUT2D eigenvalue weighted by Crippen LogP contribution is 2.31. The van der Waals surface area contributed by atoms with Crippen LogP contribution in [0.1, 0.15) is 37.2 Å². The smallest absolute Gasteiger partial charge is 0.267 e. The molecule has 100 valence electrons. The van der Waals surface area contributed by atoms with Crippen molar-refractivity contribution in [2.24, 2.45) is 11.8 Å². The summed E-state index contributed by atoms with van der Waals surface area (Å²) in [5.41, 5.74) is 1.67. The summed E-state index contributed by atoms with van der Waals surface area (Å²) < 4.78 is 0. The first-order valence-corrected chi connectivity index (χ1v) is 7.04. The van der Waals surface area contributed by atoms with Crippen LogP contribution in [0.25, 0.3) is 10.9 Å². The standard InChI is InChI=1S/C16H20N2O/c1-10-7-8-13(11(10)2)18-16(19)15-9-12-5-3-4-6-14(12)17-15/h3-6,9-11,13,17H,7-8H2,1-2H3,(H,18,19). The van der Waals surface area contributed by atoms with Crippen molar-refractivity contribution in [3.63, 3.8) is 0 Å². The molecular weight excluding hydrogens is 236 g/mol. The molecule has 0 radical (unpaired) electrons. The van der Waals surface area contributed by atoms with Gasteiger partial charge in [0.2, 0.25) is 0 Å². The van der Waals surface area contributed by atoms with E-state index in [-0.39, 0.29) is 5.91 Å². The predicted octanol–water partition coefficient (Wildman–Crippen LogP) is 3.33. The van der Waals surface area contributed by atoms with Crippen molar-refractivity contribution >= 4 is 16.8 Å². The Balaban J connectivity index is 1.77. The highest BCUT2D eigenvalue weighted by atomic mass is 16.1. The number of amides is 1. The highest BCUT2D eigenvalue weighted by Gasteiger charge is 2.31. The molecular formula is C16H20N2O. The molecule has 2 aromatic rings. The Kier molecular flexibility index (Phi) is 3.05. The molecule has 0 spiro atoms. The molecule has 1 aromatic carbocycles. The quantitative estimate of drug-likeness (QED) is 0.850. The molecule has 1 saturated carbocycles. The number of para-hydroxylation sites is 1. The number of H-pyrrole nitrogens is 1. The summed E-state index contributed by atoms with van der Waals surface area (Å²) in [4.78, 5) is 15.5. The van der Waals surface area contributed by atoms with Crippen LogP contribution in [-0.2, 0) is 0 Å². The number of rotatable bonds is 2. The zero-order chi connectivity index (χ0) is 13.4. The van der Waals surface area contributed by atoms with Crippen molar-refractivity contribution in [1.29, 1.82) is 0 Å². The van der Waals surface area contributed by atoms with Crippen LogP contribution in [0.3, 0.4) is 0 Å². The number of benzene rings is 1. The van der Waals surface area contributed by atoms with Crippen molar-refractivity contribution in [2.75, 3.05) is 0 Å². The van der Waals surface area contributed by atoms with Crippen LogP contribution in [0.2, 0.25) is 0 Å². The lowest BCUT2D eigenvalue weighted by molar-refractivity contribution is 0.0923. The second-order valence-electron chi connectivity index (χ2n) is 5.76. The predicted molar refractivity (Wildman–Crippen MR) is 77.1 cm³/mol. The second kappa shape index (κ2) is 4.72. The van der Waals surface area contributed by atoms with E-state index >= 15 is 0 Å². The maximum Gasteiger partial charge on any atom is 0.267 e. The van der Waals surface area contributed by atoms with Gasteiger partial charge >= 0.3 is 0 Å². The van der Waals surface area contributed by atoms with Crippen LogP contribution in [-0.4, -0.2) is 16.9 Å². The number of carbonyl (C=O) groups is 1. The second-order valence-corrected chi connectivity index (χ2v) is 5.76. The Hall–Kier alpha value is -1.77. The summed E-state index contributed by atoms with van der Waals surface area (Å²) in [6.45, 7) is 4.49. The lowest BCUT2D eigenvalue weighted by Crippen LogP contribution is -2.37. The Morgan fingerprint density at radius 1 is 1.26 bits per heavy atom. The number of hydrogen-bond acceptors (Lipinski definition) is 1. The number of aromatic nitrogens is 1. The van der Waals surface area contributed by atoms with Crippen LogP contribution in [0.15, 0.2) is 30.3 Å². The molecule has 3 heteroatoms. The maximum absolute atomic E-state index is 12.3. The Bertz CT molecular complexity index is 569. The molecule has 19 heavy (non-hydrogen) atoms. The largest absolute Gasteiger partial charge is 0.351 e. The molecule has 1 aliphatic rings. The molecule has 1 heterocycles. The van der Waals surface area contributed by atoms with Crippen molar-refractivity contribution in [3.8, 4) is 0 Å². The molecule has 1 aliphatic carbocycles. The third-order valence-electron chi connectivity index (χ3n) is 4.56. The Morgan fingerprint density at radius 2 is 2.05 bits per heavy atom. The van der Waals surface area contributed by atoms with Crippen molar-refractivity contribution in [1.82, 2.24) is 10.3 Å². The van der Waals surface area contributed by atoms with Gasteiger partial charge in [-0.2, -0.15) is 0 Å². The summed E-state index contributed by atoms with van der Waals surface area (Å²) in [6, 6.07) is 10.2. The molecule has 0 saturated heterocycles. The summed E-state index contributed by atoms with van der Waals surface area (Å²) in [5.74, 6) is 1.28. The van der Waals surface area contributed by atoms with Gasteiger partial charge in [-0.1, -0.05) is 32.0 Å². The van der Waals surface area contributed by atoms with E-state index < -0.39 is 0 Å². The normalized spacial score (nSPS) is 26.7. The lowest BCUT2D eigenvalue weighted by Gasteiger charge is -2.19. The van der Waals surface area contributed by atoms with E-state index in [9.17, 15) is 4.79 Å². The van der Waals surface area contributed by atoms with Gasteiger partial charge in [0.05, 0.1) is 0 Å². The zero-order valence-corrected chi connectivity index (χ0v) is 11.4. The number of aromatic amines is 1. The molecule has 2 N–H and O–H groups in total. The average molecular weight is 256 g/mol. The summed E-state index contributed by atoms with van der Waals surface area (Å²) in [6.07, 6.45) is 2.30. The lowest BCUT2D eigenvalue weighted by atomic mass is 9.98. The first-order valence-electron chi connectivity index (χ1n) is 7.04. The van der Waals surface area contributed by atoms with Crippen molar-refractivity contribution < 1.29 is 4.79 Å². The fraction of sp³-hybridized carbons (Fsp3) is 0.438. The van der Waals surface area contributed by atoms with Gasteiger partial charge in [-0.05, 0) is 36.8 Å².